The van der Waals surface area contributed by atoms with Crippen molar-refractivity contribution in [2.24, 2.45) is 5.73 Å². The molecule has 20 heavy (non-hydrogen) atoms. The smallest absolute Gasteiger partial charge is 0.237 e. The van der Waals surface area contributed by atoms with E-state index in [0.29, 0.717) is 6.42 Å². The molecule has 2 aromatic rings. The lowest BCUT2D eigenvalue weighted by molar-refractivity contribution is -0.123. The van der Waals surface area contributed by atoms with Gasteiger partial charge in [0.1, 0.15) is 0 Å². The van der Waals surface area contributed by atoms with E-state index in [1.165, 1.54) is 0 Å². The first kappa shape index (κ1) is 14.5. The minimum atomic E-state index is -0.727. The van der Waals surface area contributed by atoms with Crippen molar-refractivity contribution >= 4 is 16.8 Å². The lowest BCUT2D eigenvalue weighted by atomic mass is 10.0. The largest absolute Gasteiger partial charge is 0.394 e. The summed E-state index contributed by atoms with van der Waals surface area (Å²) in [7, 11) is 0. The van der Waals surface area contributed by atoms with Gasteiger partial charge >= 0.3 is 0 Å². The van der Waals surface area contributed by atoms with Gasteiger partial charge in [-0.05, 0) is 18.1 Å². The van der Waals surface area contributed by atoms with Crippen LogP contribution in [0.5, 0.6) is 0 Å². The molecule has 1 aromatic heterocycles. The molecule has 0 unspecified atom stereocenters. The van der Waals surface area contributed by atoms with Crippen molar-refractivity contribution in [3.05, 3.63) is 36.0 Å². The molecular weight excluding hydrogens is 258 g/mol. The summed E-state index contributed by atoms with van der Waals surface area (Å²) in [5.74, 6) is -0.386. The molecule has 0 aliphatic carbocycles. The predicted octanol–water partition coefficient (Wildman–Crippen LogP) is -0.493. The number of rotatable bonds is 6. The number of aliphatic hydroxyl groups excluding tert-OH is 2. The topological polar surface area (TPSA) is 111 Å². The zero-order chi connectivity index (χ0) is 14.5. The van der Waals surface area contributed by atoms with E-state index in [1.807, 2.05) is 30.5 Å². The molecule has 0 radical (unpaired) electrons. The fourth-order valence-electron chi connectivity index (χ4n) is 2.09. The van der Waals surface area contributed by atoms with Crippen molar-refractivity contribution in [1.82, 2.24) is 10.3 Å². The number of nitrogens with two attached hydrogens (primary N) is 1. The Morgan fingerprint density at radius 3 is 2.70 bits per heavy atom. The van der Waals surface area contributed by atoms with E-state index in [9.17, 15) is 4.79 Å². The highest BCUT2D eigenvalue weighted by molar-refractivity contribution is 5.86. The second-order valence-electron chi connectivity index (χ2n) is 4.74. The molecule has 108 valence electrons. The molecule has 0 fully saturated rings. The maximum atomic E-state index is 11.9. The van der Waals surface area contributed by atoms with E-state index < -0.39 is 12.1 Å². The van der Waals surface area contributed by atoms with E-state index in [2.05, 4.69) is 10.3 Å². The van der Waals surface area contributed by atoms with Crippen molar-refractivity contribution in [3.63, 3.8) is 0 Å². The molecule has 0 saturated carbocycles. The third-order valence-electron chi connectivity index (χ3n) is 3.24. The Balaban J connectivity index is 2.04. The van der Waals surface area contributed by atoms with Gasteiger partial charge in [-0.1, -0.05) is 18.2 Å². The zero-order valence-corrected chi connectivity index (χ0v) is 11.0. The highest BCUT2D eigenvalue weighted by atomic mass is 16.3. The number of fused-ring (bicyclic) bond motifs is 1. The average Bonchev–Trinajstić information content (AvgIpc) is 2.87. The van der Waals surface area contributed by atoms with Gasteiger partial charge < -0.3 is 26.2 Å². The van der Waals surface area contributed by atoms with Crippen LogP contribution in [0.4, 0.5) is 0 Å². The third kappa shape index (κ3) is 3.16. The predicted molar refractivity (Wildman–Crippen MR) is 76.1 cm³/mol. The highest BCUT2D eigenvalue weighted by Gasteiger charge is 2.18. The van der Waals surface area contributed by atoms with Gasteiger partial charge in [0, 0.05) is 17.1 Å². The standard InChI is InChI=1S/C14H19N3O3/c15-12(14(20)17-10(7-18)8-19)5-9-6-16-13-4-2-1-3-11(9)13/h1-4,6,10,12,16,18-19H,5,7-8,15H2,(H,17,20)/t12-/m1/s1. The molecule has 0 aliphatic heterocycles. The molecule has 1 amide bonds. The van der Waals surface area contributed by atoms with Crippen LogP contribution in [0.3, 0.4) is 0 Å². The molecule has 6 nitrogen and oxygen atoms in total. The number of amides is 1. The number of aromatic nitrogens is 1. The van der Waals surface area contributed by atoms with Crippen LogP contribution >= 0.6 is 0 Å². The Labute approximate surface area is 116 Å². The Kier molecular flexibility index (Phi) is 4.73. The van der Waals surface area contributed by atoms with Gasteiger partial charge in [-0.15, -0.1) is 0 Å². The Hall–Kier alpha value is -1.89. The fraction of sp³-hybridized carbons (Fsp3) is 0.357. The summed E-state index contributed by atoms with van der Waals surface area (Å²) < 4.78 is 0. The SMILES string of the molecule is N[C@H](Cc1c[nH]c2ccccc12)C(=O)NC(CO)CO. The monoisotopic (exact) mass is 277 g/mol. The number of carbonyl (C=O) groups excluding carboxylic acids is 1. The van der Waals surface area contributed by atoms with Gasteiger partial charge in [0.15, 0.2) is 0 Å². The molecular formula is C14H19N3O3. The minimum Gasteiger partial charge on any atom is -0.394 e. The molecule has 6 N–H and O–H groups in total. The summed E-state index contributed by atoms with van der Waals surface area (Å²) in [5, 5.41) is 21.4. The number of hydrogen-bond donors (Lipinski definition) is 5. The number of nitrogens with one attached hydrogen (secondary N) is 2. The maximum Gasteiger partial charge on any atom is 0.237 e. The van der Waals surface area contributed by atoms with E-state index in [-0.39, 0.29) is 19.1 Å². The molecule has 0 bridgehead atoms. The van der Waals surface area contributed by atoms with Crippen molar-refractivity contribution in [2.45, 2.75) is 18.5 Å². The van der Waals surface area contributed by atoms with E-state index in [0.717, 1.165) is 16.5 Å². The maximum absolute atomic E-state index is 11.9. The van der Waals surface area contributed by atoms with Crippen LogP contribution in [0.1, 0.15) is 5.56 Å². The number of benzene rings is 1. The second-order valence-corrected chi connectivity index (χ2v) is 4.74. The van der Waals surface area contributed by atoms with Crippen molar-refractivity contribution < 1.29 is 15.0 Å². The van der Waals surface area contributed by atoms with Crippen LogP contribution in [-0.4, -0.2) is 46.4 Å². The van der Waals surface area contributed by atoms with E-state index in [1.54, 1.807) is 0 Å². The number of aliphatic hydroxyl groups is 2. The average molecular weight is 277 g/mol. The zero-order valence-electron chi connectivity index (χ0n) is 11.0. The molecule has 1 heterocycles. The van der Waals surface area contributed by atoms with Crippen LogP contribution in [-0.2, 0) is 11.2 Å². The molecule has 2 rings (SSSR count). The molecule has 0 saturated heterocycles. The van der Waals surface area contributed by atoms with Crippen molar-refractivity contribution in [3.8, 4) is 0 Å². The molecule has 0 aliphatic rings. The van der Waals surface area contributed by atoms with Gasteiger partial charge in [-0.2, -0.15) is 0 Å². The quantitative estimate of drug-likeness (QED) is 0.490. The van der Waals surface area contributed by atoms with E-state index >= 15 is 0 Å². The first-order valence-corrected chi connectivity index (χ1v) is 6.48. The summed E-state index contributed by atoms with van der Waals surface area (Å²) in [5.41, 5.74) is 7.83. The highest BCUT2D eigenvalue weighted by Crippen LogP contribution is 2.18. The van der Waals surface area contributed by atoms with Crippen LogP contribution in [0.15, 0.2) is 30.5 Å². The molecule has 0 spiro atoms. The number of H-pyrrole nitrogens is 1. The Morgan fingerprint density at radius 1 is 1.30 bits per heavy atom. The van der Waals surface area contributed by atoms with Crippen LogP contribution in [0.25, 0.3) is 10.9 Å². The first-order valence-electron chi connectivity index (χ1n) is 6.48. The molecule has 1 atom stereocenters. The third-order valence-corrected chi connectivity index (χ3v) is 3.24. The summed E-state index contributed by atoms with van der Waals surface area (Å²) in [6.45, 7) is -0.635. The van der Waals surface area contributed by atoms with Gasteiger partial charge in [0.25, 0.3) is 0 Å². The number of para-hydroxylation sites is 1. The number of hydrogen-bond acceptors (Lipinski definition) is 4. The van der Waals surface area contributed by atoms with Crippen LogP contribution in [0, 0.1) is 0 Å². The number of aromatic amines is 1. The van der Waals surface area contributed by atoms with Crippen molar-refractivity contribution in [2.75, 3.05) is 13.2 Å². The van der Waals surface area contributed by atoms with Gasteiger partial charge in [0.05, 0.1) is 25.3 Å². The van der Waals surface area contributed by atoms with Crippen LogP contribution < -0.4 is 11.1 Å². The molecule has 1 aromatic carbocycles. The van der Waals surface area contributed by atoms with Gasteiger partial charge in [0.2, 0.25) is 5.91 Å². The fourth-order valence-corrected chi connectivity index (χ4v) is 2.09. The summed E-state index contributed by atoms with van der Waals surface area (Å²) in [6, 6.07) is 6.39. The summed E-state index contributed by atoms with van der Waals surface area (Å²) >= 11 is 0. The Morgan fingerprint density at radius 2 is 2.00 bits per heavy atom. The van der Waals surface area contributed by atoms with Crippen molar-refractivity contribution in [1.29, 1.82) is 0 Å². The summed E-state index contributed by atoms with van der Waals surface area (Å²) in [4.78, 5) is 15.0. The van der Waals surface area contributed by atoms with E-state index in [4.69, 9.17) is 15.9 Å². The lowest BCUT2D eigenvalue weighted by Gasteiger charge is -2.17. The summed E-state index contributed by atoms with van der Waals surface area (Å²) in [6.07, 6.45) is 2.23. The van der Waals surface area contributed by atoms with Gasteiger partial charge in [-0.3, -0.25) is 4.79 Å². The Bertz CT molecular complexity index is 578. The molecule has 6 heteroatoms. The second kappa shape index (κ2) is 6.51. The number of carbonyl (C=O) groups is 1. The first-order chi connectivity index (χ1) is 9.65. The van der Waals surface area contributed by atoms with Crippen LogP contribution in [0.2, 0.25) is 0 Å². The lowest BCUT2D eigenvalue weighted by Crippen LogP contribution is -2.48. The minimum absolute atomic E-state index is 0.317. The van der Waals surface area contributed by atoms with Gasteiger partial charge in [-0.25, -0.2) is 0 Å². The normalized spacial score (nSPS) is 12.8.